The summed E-state index contributed by atoms with van der Waals surface area (Å²) in [5.74, 6) is -0.106. The van der Waals surface area contributed by atoms with E-state index in [1.165, 1.54) is 13.8 Å². The van der Waals surface area contributed by atoms with E-state index in [0.29, 0.717) is 29.0 Å². The molecule has 33 heavy (non-hydrogen) atoms. The van der Waals surface area contributed by atoms with Crippen molar-refractivity contribution in [2.24, 2.45) is 0 Å². The molecule has 9 nitrogen and oxygen atoms in total. The van der Waals surface area contributed by atoms with E-state index in [1.54, 1.807) is 12.1 Å². The summed E-state index contributed by atoms with van der Waals surface area (Å²) in [6, 6.07) is 6.48. The van der Waals surface area contributed by atoms with Gasteiger partial charge in [0.15, 0.2) is 5.78 Å². The number of Topliss-reactive ketones (excluding diaryl/α,β-unsaturated/α-hetero) is 2. The highest BCUT2D eigenvalue weighted by Crippen LogP contribution is 2.24. The van der Waals surface area contributed by atoms with Crippen molar-refractivity contribution in [3.8, 4) is 0 Å². The van der Waals surface area contributed by atoms with Crippen molar-refractivity contribution >= 4 is 40.3 Å². The SMILES string of the molecule is C=C(CC(C)=O)C[C@H](NC(=O)c1ccc(CCc2c[nH]c3nc(N)nc(N)c23)cc1)C(C)=O. The van der Waals surface area contributed by atoms with Crippen LogP contribution in [0.5, 0.6) is 0 Å². The van der Waals surface area contributed by atoms with Crippen LogP contribution in [0, 0.1) is 0 Å². The monoisotopic (exact) mass is 448 g/mol. The molecule has 0 radical (unpaired) electrons. The van der Waals surface area contributed by atoms with E-state index in [2.05, 4.69) is 26.8 Å². The molecule has 0 aliphatic heterocycles. The van der Waals surface area contributed by atoms with Crippen molar-refractivity contribution in [3.05, 3.63) is 59.3 Å². The van der Waals surface area contributed by atoms with Gasteiger partial charge in [0.1, 0.15) is 17.2 Å². The molecule has 0 spiro atoms. The third kappa shape index (κ3) is 6.03. The average Bonchev–Trinajstić information content (AvgIpc) is 3.14. The first-order chi connectivity index (χ1) is 15.6. The summed E-state index contributed by atoms with van der Waals surface area (Å²) in [6.07, 6.45) is 3.70. The zero-order chi connectivity index (χ0) is 24.1. The van der Waals surface area contributed by atoms with Gasteiger partial charge < -0.3 is 21.8 Å². The lowest BCUT2D eigenvalue weighted by molar-refractivity contribution is -0.119. The van der Waals surface area contributed by atoms with Crippen LogP contribution < -0.4 is 16.8 Å². The van der Waals surface area contributed by atoms with Crippen LogP contribution >= 0.6 is 0 Å². The van der Waals surface area contributed by atoms with E-state index < -0.39 is 6.04 Å². The Morgan fingerprint density at radius 3 is 2.42 bits per heavy atom. The molecule has 2 heterocycles. The molecule has 0 bridgehead atoms. The number of nitrogens with two attached hydrogens (primary N) is 2. The summed E-state index contributed by atoms with van der Waals surface area (Å²) in [5, 5.41) is 3.50. The molecule has 0 aliphatic carbocycles. The van der Waals surface area contributed by atoms with Gasteiger partial charge in [-0.2, -0.15) is 9.97 Å². The Labute approximate surface area is 191 Å². The minimum absolute atomic E-state index is 0.0313. The maximum atomic E-state index is 12.6. The highest BCUT2D eigenvalue weighted by molar-refractivity contribution is 5.97. The average molecular weight is 449 g/mol. The van der Waals surface area contributed by atoms with E-state index in [-0.39, 0.29) is 36.3 Å². The molecular formula is C24H28N6O3. The molecule has 1 aromatic carbocycles. The molecule has 1 amide bonds. The van der Waals surface area contributed by atoms with Gasteiger partial charge in [0.2, 0.25) is 5.95 Å². The summed E-state index contributed by atoms with van der Waals surface area (Å²) in [4.78, 5) is 47.1. The number of carbonyl (C=O) groups is 3. The first-order valence-electron chi connectivity index (χ1n) is 10.6. The van der Waals surface area contributed by atoms with Crippen LogP contribution in [-0.2, 0) is 22.4 Å². The number of aromatic amines is 1. The van der Waals surface area contributed by atoms with Crippen molar-refractivity contribution < 1.29 is 14.4 Å². The predicted octanol–water partition coefficient (Wildman–Crippen LogP) is 2.52. The van der Waals surface area contributed by atoms with Gasteiger partial charge in [-0.3, -0.25) is 14.4 Å². The van der Waals surface area contributed by atoms with Crippen LogP contribution in [0.2, 0.25) is 0 Å². The van der Waals surface area contributed by atoms with E-state index in [0.717, 1.165) is 22.9 Å². The molecule has 0 saturated heterocycles. The first kappa shape index (κ1) is 23.6. The second-order valence-corrected chi connectivity index (χ2v) is 8.17. The molecule has 3 aromatic rings. The minimum atomic E-state index is -0.715. The standard InChI is InChI=1S/C24H28N6O3/c1-13(10-14(2)31)11-19(15(3)32)28-23(33)17-7-4-16(5-8-17)6-9-18-12-27-22-20(18)21(25)29-24(26)30-22/h4-5,7-8,12,19H,1,6,9-11H2,2-3H3,(H,28,33)(H5,25,26,27,29,30)/t19-/m0/s1. The van der Waals surface area contributed by atoms with Gasteiger partial charge in [-0.15, -0.1) is 0 Å². The number of carbonyl (C=O) groups excluding carboxylic acids is 3. The number of rotatable bonds is 10. The highest BCUT2D eigenvalue weighted by Gasteiger charge is 2.19. The Morgan fingerprint density at radius 2 is 1.79 bits per heavy atom. The Morgan fingerprint density at radius 1 is 1.09 bits per heavy atom. The fraction of sp³-hybridized carbons (Fsp3) is 0.292. The van der Waals surface area contributed by atoms with Crippen LogP contribution in [0.25, 0.3) is 11.0 Å². The van der Waals surface area contributed by atoms with Crippen LogP contribution in [0.4, 0.5) is 11.8 Å². The molecule has 6 N–H and O–H groups in total. The number of fused-ring (bicyclic) bond motifs is 1. The highest BCUT2D eigenvalue weighted by atomic mass is 16.2. The topological polar surface area (TPSA) is 157 Å². The molecule has 0 aliphatic rings. The molecular weight excluding hydrogens is 420 g/mol. The fourth-order valence-electron chi connectivity index (χ4n) is 3.69. The van der Waals surface area contributed by atoms with Gasteiger partial charge in [-0.05, 0) is 56.4 Å². The number of hydrogen-bond acceptors (Lipinski definition) is 7. The van der Waals surface area contributed by atoms with Crippen LogP contribution in [0.15, 0.2) is 42.6 Å². The predicted molar refractivity (Wildman–Crippen MR) is 128 cm³/mol. The van der Waals surface area contributed by atoms with Crippen LogP contribution in [-0.4, -0.2) is 38.5 Å². The number of nitrogen functional groups attached to an aromatic ring is 2. The molecule has 0 unspecified atom stereocenters. The minimum Gasteiger partial charge on any atom is -0.383 e. The Hall–Kier alpha value is -4.01. The Bertz CT molecular complexity index is 1210. The largest absolute Gasteiger partial charge is 0.383 e. The van der Waals surface area contributed by atoms with E-state index >= 15 is 0 Å². The summed E-state index contributed by atoms with van der Waals surface area (Å²) >= 11 is 0. The van der Waals surface area contributed by atoms with E-state index in [1.807, 2.05) is 18.3 Å². The number of anilines is 2. The van der Waals surface area contributed by atoms with Gasteiger partial charge in [0, 0.05) is 18.2 Å². The third-order valence-corrected chi connectivity index (χ3v) is 5.35. The second kappa shape index (κ2) is 10.1. The summed E-state index contributed by atoms with van der Waals surface area (Å²) < 4.78 is 0. The second-order valence-electron chi connectivity index (χ2n) is 8.17. The van der Waals surface area contributed by atoms with Crippen LogP contribution in [0.1, 0.15) is 48.2 Å². The molecule has 3 rings (SSSR count). The lowest BCUT2D eigenvalue weighted by atomic mass is 10.00. The zero-order valence-corrected chi connectivity index (χ0v) is 18.8. The van der Waals surface area contributed by atoms with Crippen LogP contribution in [0.3, 0.4) is 0 Å². The summed E-state index contributed by atoms with van der Waals surface area (Å²) in [6.45, 7) is 6.70. The van der Waals surface area contributed by atoms with Crippen molar-refractivity contribution in [2.75, 3.05) is 11.5 Å². The van der Waals surface area contributed by atoms with E-state index in [9.17, 15) is 14.4 Å². The number of nitrogens with zero attached hydrogens (tertiary/aromatic N) is 2. The summed E-state index contributed by atoms with van der Waals surface area (Å²) in [7, 11) is 0. The van der Waals surface area contributed by atoms with Crippen molar-refractivity contribution in [1.29, 1.82) is 0 Å². The quantitative estimate of drug-likeness (QED) is 0.347. The first-order valence-corrected chi connectivity index (χ1v) is 10.6. The number of aromatic nitrogens is 3. The molecule has 0 fully saturated rings. The Balaban J connectivity index is 1.62. The van der Waals surface area contributed by atoms with Gasteiger partial charge in [0.25, 0.3) is 5.91 Å². The number of aryl methyl sites for hydroxylation is 2. The number of ketones is 2. The molecule has 9 heteroatoms. The summed E-state index contributed by atoms with van der Waals surface area (Å²) in [5.41, 5.74) is 15.3. The molecule has 2 aromatic heterocycles. The Kier molecular flexibility index (Phi) is 7.22. The maximum absolute atomic E-state index is 12.6. The van der Waals surface area contributed by atoms with Crippen molar-refractivity contribution in [1.82, 2.24) is 20.3 Å². The smallest absolute Gasteiger partial charge is 0.251 e. The number of H-pyrrole nitrogens is 1. The lowest BCUT2D eigenvalue weighted by Crippen LogP contribution is -2.40. The fourth-order valence-corrected chi connectivity index (χ4v) is 3.69. The maximum Gasteiger partial charge on any atom is 0.251 e. The van der Waals surface area contributed by atoms with Crippen molar-refractivity contribution in [2.45, 2.75) is 45.6 Å². The number of amides is 1. The third-order valence-electron chi connectivity index (χ3n) is 5.35. The number of benzene rings is 1. The molecule has 1 atom stereocenters. The van der Waals surface area contributed by atoms with Gasteiger partial charge in [-0.1, -0.05) is 24.3 Å². The zero-order valence-electron chi connectivity index (χ0n) is 18.8. The van der Waals surface area contributed by atoms with E-state index in [4.69, 9.17) is 11.5 Å². The number of hydrogen-bond donors (Lipinski definition) is 4. The van der Waals surface area contributed by atoms with Crippen molar-refractivity contribution in [3.63, 3.8) is 0 Å². The van der Waals surface area contributed by atoms with Gasteiger partial charge >= 0.3 is 0 Å². The molecule has 172 valence electrons. The number of nitrogens with one attached hydrogen (secondary N) is 2. The lowest BCUT2D eigenvalue weighted by Gasteiger charge is -2.17. The van der Waals surface area contributed by atoms with Gasteiger partial charge in [0.05, 0.1) is 11.4 Å². The normalized spacial score (nSPS) is 11.8. The molecule has 0 saturated carbocycles. The van der Waals surface area contributed by atoms with Gasteiger partial charge in [-0.25, -0.2) is 0 Å².